The summed E-state index contributed by atoms with van der Waals surface area (Å²) in [7, 11) is -1.77. The normalized spacial score (nSPS) is 11.0. The van der Waals surface area contributed by atoms with Gasteiger partial charge >= 0.3 is 0 Å². The van der Waals surface area contributed by atoms with Crippen molar-refractivity contribution in [3.63, 3.8) is 0 Å². The summed E-state index contributed by atoms with van der Waals surface area (Å²) in [4.78, 5) is 1.22. The zero-order chi connectivity index (χ0) is 18.3. The SMILES string of the molecule is CN(c1cccc(NC(=S)NCCSc2ccccc2)c1)S(C)(=O)=O. The zero-order valence-electron chi connectivity index (χ0n) is 14.1. The van der Waals surface area contributed by atoms with Crippen LogP contribution in [0.3, 0.4) is 0 Å². The Bertz CT molecular complexity index is 811. The summed E-state index contributed by atoms with van der Waals surface area (Å²) >= 11 is 7.04. The van der Waals surface area contributed by atoms with Gasteiger partial charge in [0.15, 0.2) is 5.11 Å². The maximum absolute atomic E-state index is 11.6. The van der Waals surface area contributed by atoms with Gasteiger partial charge in [0, 0.05) is 29.9 Å². The molecule has 134 valence electrons. The second kappa shape index (κ2) is 9.07. The quantitative estimate of drug-likeness (QED) is 0.427. The minimum absolute atomic E-state index is 0.507. The van der Waals surface area contributed by atoms with Crippen molar-refractivity contribution in [2.24, 2.45) is 0 Å². The van der Waals surface area contributed by atoms with Gasteiger partial charge in [-0.1, -0.05) is 24.3 Å². The molecular weight excluding hydrogens is 374 g/mol. The highest BCUT2D eigenvalue weighted by Gasteiger charge is 2.12. The summed E-state index contributed by atoms with van der Waals surface area (Å²) in [5, 5.41) is 6.73. The Morgan fingerprint density at radius 2 is 1.88 bits per heavy atom. The van der Waals surface area contributed by atoms with E-state index in [1.807, 2.05) is 24.3 Å². The van der Waals surface area contributed by atoms with Gasteiger partial charge in [-0.3, -0.25) is 4.31 Å². The van der Waals surface area contributed by atoms with E-state index < -0.39 is 10.0 Å². The van der Waals surface area contributed by atoms with Gasteiger partial charge in [0.1, 0.15) is 0 Å². The van der Waals surface area contributed by atoms with Crippen molar-refractivity contribution in [2.45, 2.75) is 4.90 Å². The highest BCUT2D eigenvalue weighted by Crippen LogP contribution is 2.20. The van der Waals surface area contributed by atoms with Crippen molar-refractivity contribution >= 4 is 50.5 Å². The second-order valence-corrected chi connectivity index (χ2v) is 8.91. The minimum Gasteiger partial charge on any atom is -0.362 e. The number of rotatable bonds is 7. The Labute approximate surface area is 158 Å². The summed E-state index contributed by atoms with van der Waals surface area (Å²) in [6.07, 6.45) is 1.17. The summed E-state index contributed by atoms with van der Waals surface area (Å²) in [5.74, 6) is 0.892. The lowest BCUT2D eigenvalue weighted by Gasteiger charge is -2.18. The number of anilines is 2. The molecule has 5 nitrogen and oxygen atoms in total. The van der Waals surface area contributed by atoms with E-state index in [0.29, 0.717) is 10.8 Å². The molecule has 0 heterocycles. The number of hydrogen-bond donors (Lipinski definition) is 2. The van der Waals surface area contributed by atoms with Crippen LogP contribution in [0.15, 0.2) is 59.5 Å². The zero-order valence-corrected chi connectivity index (χ0v) is 16.5. The number of benzene rings is 2. The lowest BCUT2D eigenvalue weighted by Crippen LogP contribution is -2.30. The van der Waals surface area contributed by atoms with Crippen LogP contribution in [0.4, 0.5) is 11.4 Å². The predicted molar refractivity (Wildman–Crippen MR) is 111 cm³/mol. The van der Waals surface area contributed by atoms with E-state index in [0.717, 1.165) is 18.0 Å². The van der Waals surface area contributed by atoms with Crippen LogP contribution in [0.1, 0.15) is 0 Å². The lowest BCUT2D eigenvalue weighted by molar-refractivity contribution is 0.600. The average molecular weight is 396 g/mol. The molecule has 2 aromatic rings. The number of sulfonamides is 1. The van der Waals surface area contributed by atoms with E-state index in [1.54, 1.807) is 30.0 Å². The summed E-state index contributed by atoms with van der Waals surface area (Å²) in [6.45, 7) is 0.730. The molecule has 0 radical (unpaired) electrons. The number of hydrogen-bond acceptors (Lipinski definition) is 4. The van der Waals surface area contributed by atoms with Crippen molar-refractivity contribution in [1.82, 2.24) is 5.32 Å². The fourth-order valence-electron chi connectivity index (χ4n) is 2.00. The van der Waals surface area contributed by atoms with E-state index >= 15 is 0 Å². The first kappa shape index (κ1) is 19.6. The first-order valence-electron chi connectivity index (χ1n) is 7.63. The summed E-state index contributed by atoms with van der Waals surface area (Å²) in [6, 6.07) is 17.3. The van der Waals surface area contributed by atoms with Crippen LogP contribution < -0.4 is 14.9 Å². The van der Waals surface area contributed by atoms with Crippen molar-refractivity contribution < 1.29 is 8.42 Å². The molecule has 0 saturated carbocycles. The Morgan fingerprint density at radius 1 is 1.16 bits per heavy atom. The van der Waals surface area contributed by atoms with E-state index in [2.05, 4.69) is 22.8 Å². The van der Waals surface area contributed by atoms with Gasteiger partial charge in [-0.05, 0) is 42.5 Å². The van der Waals surface area contributed by atoms with Crippen LogP contribution in [0, 0.1) is 0 Å². The first-order chi connectivity index (χ1) is 11.9. The molecule has 8 heteroatoms. The Morgan fingerprint density at radius 3 is 2.56 bits per heavy atom. The molecule has 0 aliphatic rings. The van der Waals surface area contributed by atoms with Gasteiger partial charge in [0.2, 0.25) is 10.0 Å². The molecule has 0 atom stereocenters. The van der Waals surface area contributed by atoms with Crippen LogP contribution in [-0.4, -0.2) is 39.1 Å². The monoisotopic (exact) mass is 395 g/mol. The van der Waals surface area contributed by atoms with E-state index in [1.165, 1.54) is 22.5 Å². The molecule has 0 amide bonds. The summed E-state index contributed by atoms with van der Waals surface area (Å²) < 4.78 is 24.5. The van der Waals surface area contributed by atoms with Crippen molar-refractivity contribution in [2.75, 3.05) is 35.2 Å². The molecule has 2 N–H and O–H groups in total. The Balaban J connectivity index is 1.82. The molecule has 0 fully saturated rings. The second-order valence-electron chi connectivity index (χ2n) is 5.32. The molecular formula is C17H21N3O2S3. The minimum atomic E-state index is -3.29. The number of nitrogens with zero attached hydrogens (tertiary/aromatic N) is 1. The van der Waals surface area contributed by atoms with E-state index in [9.17, 15) is 8.42 Å². The third-order valence-electron chi connectivity index (χ3n) is 3.36. The molecule has 0 saturated heterocycles. The topological polar surface area (TPSA) is 61.4 Å². The van der Waals surface area contributed by atoms with E-state index in [-0.39, 0.29) is 0 Å². The maximum Gasteiger partial charge on any atom is 0.231 e. The van der Waals surface area contributed by atoms with Crippen LogP contribution in [0.25, 0.3) is 0 Å². The highest BCUT2D eigenvalue weighted by atomic mass is 32.2. The lowest BCUT2D eigenvalue weighted by atomic mass is 10.3. The average Bonchev–Trinajstić information content (AvgIpc) is 2.58. The highest BCUT2D eigenvalue weighted by molar-refractivity contribution is 7.99. The Hall–Kier alpha value is -1.77. The molecule has 25 heavy (non-hydrogen) atoms. The third kappa shape index (κ3) is 6.56. The smallest absolute Gasteiger partial charge is 0.231 e. The van der Waals surface area contributed by atoms with Gasteiger partial charge < -0.3 is 10.6 Å². The molecule has 2 rings (SSSR count). The van der Waals surface area contributed by atoms with Crippen molar-refractivity contribution in [3.8, 4) is 0 Å². The van der Waals surface area contributed by atoms with Crippen molar-refractivity contribution in [1.29, 1.82) is 0 Å². The molecule has 0 aliphatic carbocycles. The summed E-state index contributed by atoms with van der Waals surface area (Å²) in [5.41, 5.74) is 1.32. The van der Waals surface area contributed by atoms with Gasteiger partial charge in [-0.2, -0.15) is 0 Å². The Kier molecular flexibility index (Phi) is 7.10. The largest absolute Gasteiger partial charge is 0.362 e. The number of nitrogens with one attached hydrogen (secondary N) is 2. The van der Waals surface area contributed by atoms with Crippen LogP contribution in [-0.2, 0) is 10.0 Å². The van der Waals surface area contributed by atoms with Gasteiger partial charge in [-0.25, -0.2) is 8.42 Å². The van der Waals surface area contributed by atoms with Gasteiger partial charge in [0.25, 0.3) is 0 Å². The molecule has 0 spiro atoms. The fourth-order valence-corrected chi connectivity index (χ4v) is 3.50. The maximum atomic E-state index is 11.6. The van der Waals surface area contributed by atoms with Gasteiger partial charge in [-0.15, -0.1) is 11.8 Å². The van der Waals surface area contributed by atoms with Crippen molar-refractivity contribution in [3.05, 3.63) is 54.6 Å². The molecule has 0 unspecified atom stereocenters. The van der Waals surface area contributed by atoms with E-state index in [4.69, 9.17) is 12.2 Å². The standard InChI is InChI=1S/C17H21N3O2S3/c1-20(25(2,21)22)15-8-6-7-14(13-15)19-17(23)18-11-12-24-16-9-4-3-5-10-16/h3-10,13H,11-12H2,1-2H3,(H2,18,19,23). The number of thioether (sulfide) groups is 1. The van der Waals surface area contributed by atoms with Crippen LogP contribution >= 0.6 is 24.0 Å². The third-order valence-corrected chi connectivity index (χ3v) is 5.83. The number of thiocarbonyl (C=S) groups is 1. The fraction of sp³-hybridized carbons (Fsp3) is 0.235. The predicted octanol–water partition coefficient (Wildman–Crippen LogP) is 3.16. The van der Waals surface area contributed by atoms with Gasteiger partial charge in [0.05, 0.1) is 11.9 Å². The molecule has 2 aromatic carbocycles. The molecule has 0 bridgehead atoms. The first-order valence-corrected chi connectivity index (χ1v) is 10.9. The van der Waals surface area contributed by atoms with Crippen LogP contribution in [0.5, 0.6) is 0 Å². The molecule has 0 aromatic heterocycles. The van der Waals surface area contributed by atoms with Crippen LogP contribution in [0.2, 0.25) is 0 Å². The molecule has 0 aliphatic heterocycles.